The molecule has 0 atom stereocenters. The van der Waals surface area contributed by atoms with Crippen molar-refractivity contribution in [2.75, 3.05) is 13.1 Å². The van der Waals surface area contributed by atoms with Gasteiger partial charge in [-0.2, -0.15) is 0 Å². The molecule has 45 valence electrons. The third-order valence-corrected chi connectivity index (χ3v) is 1.12. The minimum Gasteiger partial charge on any atom is -0.337 e. The average Bonchev–Trinajstić information content (AvgIpc) is 1.94. The largest absolute Gasteiger partial charge is 0.337 e. The monoisotopic (exact) mass is 113 g/mol. The molecule has 1 fully saturated rings. The van der Waals surface area contributed by atoms with Crippen LogP contribution in [0.2, 0.25) is 0 Å². The number of urea groups is 1. The quantitative estimate of drug-likeness (QED) is 0.475. The lowest BCUT2D eigenvalue weighted by molar-refractivity contribution is 0.242. The third-order valence-electron chi connectivity index (χ3n) is 1.12. The molecule has 3 heteroatoms. The van der Waals surface area contributed by atoms with Crippen molar-refractivity contribution in [3.8, 4) is 0 Å². The second-order valence-corrected chi connectivity index (χ2v) is 1.82. The Bertz CT molecular complexity index is 82.4. The van der Waals surface area contributed by atoms with E-state index in [1.165, 1.54) is 0 Å². The summed E-state index contributed by atoms with van der Waals surface area (Å²) in [5.41, 5.74) is 0. The minimum atomic E-state index is -0.150. The molecule has 0 aliphatic carbocycles. The van der Waals surface area contributed by atoms with E-state index < -0.39 is 0 Å². The fraction of sp³-hybridized carbons (Fsp3) is 0.800. The lowest BCUT2D eigenvalue weighted by Gasteiger charge is -1.93. The van der Waals surface area contributed by atoms with Crippen molar-refractivity contribution >= 4 is 6.03 Å². The maximum Gasteiger partial charge on any atom is 0.336 e. The van der Waals surface area contributed by atoms with Gasteiger partial charge in [-0.25, -0.2) is 10.1 Å². The summed E-state index contributed by atoms with van der Waals surface area (Å²) in [4.78, 5) is 10.4. The highest BCUT2D eigenvalue weighted by Crippen LogP contribution is 1.89. The van der Waals surface area contributed by atoms with Crippen molar-refractivity contribution in [1.82, 2.24) is 10.6 Å². The fourth-order valence-electron chi connectivity index (χ4n) is 0.669. The predicted octanol–water partition coefficient (Wildman–Crippen LogP) is 0.0942. The Morgan fingerprint density at radius 2 is 2.38 bits per heavy atom. The Labute approximate surface area is 48.5 Å². The summed E-state index contributed by atoms with van der Waals surface area (Å²) in [6.45, 7) is 1.49. The van der Waals surface area contributed by atoms with E-state index in [-0.39, 0.29) is 6.03 Å². The number of hydrogen-bond donors (Lipinski definition) is 1. The van der Waals surface area contributed by atoms with Gasteiger partial charge >= 0.3 is 6.03 Å². The second kappa shape index (κ2) is 2.55. The summed E-state index contributed by atoms with van der Waals surface area (Å²) < 4.78 is 0. The van der Waals surface area contributed by atoms with E-state index in [1.807, 2.05) is 0 Å². The van der Waals surface area contributed by atoms with Gasteiger partial charge in [0.2, 0.25) is 0 Å². The molecule has 0 saturated carbocycles. The summed E-state index contributed by atoms with van der Waals surface area (Å²) in [7, 11) is 0. The first kappa shape index (κ1) is 5.41. The molecule has 0 unspecified atom stereocenters. The highest BCUT2D eigenvalue weighted by Gasteiger charge is 2.03. The van der Waals surface area contributed by atoms with E-state index in [4.69, 9.17) is 0 Å². The van der Waals surface area contributed by atoms with Crippen molar-refractivity contribution in [2.24, 2.45) is 0 Å². The molecule has 1 heterocycles. The number of amides is 2. The van der Waals surface area contributed by atoms with Crippen LogP contribution in [-0.2, 0) is 0 Å². The van der Waals surface area contributed by atoms with Crippen LogP contribution in [0.4, 0.5) is 4.79 Å². The van der Waals surface area contributed by atoms with E-state index >= 15 is 0 Å². The van der Waals surface area contributed by atoms with Gasteiger partial charge in [0.15, 0.2) is 0 Å². The Morgan fingerprint density at radius 3 is 3.25 bits per heavy atom. The van der Waals surface area contributed by atoms with Gasteiger partial charge in [0.05, 0.1) is 0 Å². The maximum absolute atomic E-state index is 10.4. The molecule has 2 amide bonds. The number of carbonyl (C=O) groups is 1. The first-order chi connectivity index (χ1) is 3.89. The van der Waals surface area contributed by atoms with E-state index in [0.29, 0.717) is 6.54 Å². The summed E-state index contributed by atoms with van der Waals surface area (Å²) in [6.07, 6.45) is 2.11. The van der Waals surface area contributed by atoms with Crippen LogP contribution < -0.4 is 10.6 Å². The first-order valence-electron chi connectivity index (χ1n) is 2.85. The van der Waals surface area contributed by atoms with Gasteiger partial charge < -0.3 is 5.32 Å². The molecule has 0 aromatic heterocycles. The average molecular weight is 113 g/mol. The molecule has 3 nitrogen and oxygen atoms in total. The van der Waals surface area contributed by atoms with Crippen molar-refractivity contribution in [1.29, 1.82) is 0 Å². The van der Waals surface area contributed by atoms with E-state index in [9.17, 15) is 4.79 Å². The van der Waals surface area contributed by atoms with Gasteiger partial charge in [-0.15, -0.1) is 0 Å². The summed E-state index contributed by atoms with van der Waals surface area (Å²) in [5, 5.41) is 6.31. The molecule has 0 spiro atoms. The van der Waals surface area contributed by atoms with E-state index in [2.05, 4.69) is 10.6 Å². The van der Waals surface area contributed by atoms with Crippen LogP contribution in [0.5, 0.6) is 0 Å². The molecule has 1 aliphatic rings. The Kier molecular flexibility index (Phi) is 1.72. The third kappa shape index (κ3) is 1.40. The van der Waals surface area contributed by atoms with Crippen LogP contribution in [0.1, 0.15) is 12.8 Å². The van der Waals surface area contributed by atoms with Crippen molar-refractivity contribution in [3.05, 3.63) is 0 Å². The van der Waals surface area contributed by atoms with Gasteiger partial charge in [-0.3, -0.25) is 0 Å². The van der Waals surface area contributed by atoms with Crippen LogP contribution in [0.25, 0.3) is 0 Å². The van der Waals surface area contributed by atoms with Crippen LogP contribution in [0, 0.1) is 0 Å². The fourth-order valence-corrected chi connectivity index (χ4v) is 0.669. The zero-order valence-corrected chi connectivity index (χ0v) is 4.68. The lowest BCUT2D eigenvalue weighted by atomic mass is 10.3. The molecule has 0 aromatic rings. The summed E-state index contributed by atoms with van der Waals surface area (Å²) >= 11 is 0. The number of nitrogens with one attached hydrogen (secondary N) is 1. The van der Waals surface area contributed by atoms with E-state index in [0.717, 1.165) is 19.4 Å². The van der Waals surface area contributed by atoms with Gasteiger partial charge in [0, 0.05) is 13.1 Å². The van der Waals surface area contributed by atoms with Crippen molar-refractivity contribution in [3.63, 3.8) is 0 Å². The Morgan fingerprint density at radius 1 is 1.50 bits per heavy atom. The van der Waals surface area contributed by atoms with E-state index in [1.54, 1.807) is 0 Å². The second-order valence-electron chi connectivity index (χ2n) is 1.82. The molecule has 1 saturated heterocycles. The molecular formula is C5H9N2O. The number of carbonyl (C=O) groups excluding carboxylic acids is 1. The van der Waals surface area contributed by atoms with Gasteiger partial charge in [-0.05, 0) is 12.8 Å². The molecular weight excluding hydrogens is 104 g/mol. The highest BCUT2D eigenvalue weighted by atomic mass is 16.2. The van der Waals surface area contributed by atoms with Crippen LogP contribution in [0.3, 0.4) is 0 Å². The molecule has 1 rings (SSSR count). The summed E-state index contributed by atoms with van der Waals surface area (Å²) in [5.74, 6) is 0. The normalized spacial score (nSPS) is 20.8. The van der Waals surface area contributed by atoms with Crippen molar-refractivity contribution < 1.29 is 4.79 Å². The van der Waals surface area contributed by atoms with Crippen molar-refractivity contribution in [2.45, 2.75) is 12.8 Å². The lowest BCUT2D eigenvalue weighted by Crippen LogP contribution is -2.27. The highest BCUT2D eigenvalue weighted by molar-refractivity contribution is 5.73. The molecule has 0 bridgehead atoms. The topological polar surface area (TPSA) is 43.2 Å². The van der Waals surface area contributed by atoms with Gasteiger partial charge in [-0.1, -0.05) is 0 Å². The van der Waals surface area contributed by atoms with Crippen LogP contribution >= 0.6 is 0 Å². The molecule has 1 radical (unpaired) electrons. The SMILES string of the molecule is O=C1[N]CCCCN1. The maximum atomic E-state index is 10.4. The zero-order chi connectivity index (χ0) is 5.82. The van der Waals surface area contributed by atoms with Gasteiger partial charge in [0.25, 0.3) is 0 Å². The molecule has 1 aliphatic heterocycles. The van der Waals surface area contributed by atoms with Gasteiger partial charge in [0.1, 0.15) is 0 Å². The molecule has 1 N–H and O–H groups in total. The van der Waals surface area contributed by atoms with Crippen LogP contribution in [0.15, 0.2) is 0 Å². The molecule has 8 heavy (non-hydrogen) atoms. The Hall–Kier alpha value is -0.730. The predicted molar refractivity (Wildman–Crippen MR) is 29.6 cm³/mol. The number of hydrogen-bond acceptors (Lipinski definition) is 1. The zero-order valence-electron chi connectivity index (χ0n) is 4.68. The number of nitrogens with zero attached hydrogens (tertiary/aromatic N) is 1. The Balaban J connectivity index is 2.27. The smallest absolute Gasteiger partial charge is 0.336 e. The molecule has 0 aromatic carbocycles. The standard InChI is InChI=1S/C5H9N2O/c8-5-6-3-1-2-4-7-5/h1-4H2,(H,6,8). The minimum absolute atomic E-state index is 0.150. The number of rotatable bonds is 0. The van der Waals surface area contributed by atoms with Crippen LogP contribution in [-0.4, -0.2) is 19.1 Å². The first-order valence-corrected chi connectivity index (χ1v) is 2.85. The summed E-state index contributed by atoms with van der Waals surface area (Å²) in [6, 6.07) is -0.150.